The Morgan fingerprint density at radius 1 is 1.32 bits per heavy atom. The van der Waals surface area contributed by atoms with Crippen molar-refractivity contribution in [3.8, 4) is 5.75 Å². The summed E-state index contributed by atoms with van der Waals surface area (Å²) in [7, 11) is 2.05. The van der Waals surface area contributed by atoms with Gasteiger partial charge in [0.25, 0.3) is 0 Å². The van der Waals surface area contributed by atoms with Gasteiger partial charge in [-0.1, -0.05) is 31.9 Å². The Balaban J connectivity index is 2.01. The Bertz CT molecular complexity index is 391. The van der Waals surface area contributed by atoms with E-state index in [9.17, 15) is 0 Å². The largest absolute Gasteiger partial charge is 0.489 e. The molecule has 1 aromatic carbocycles. The summed E-state index contributed by atoms with van der Waals surface area (Å²) in [5, 5.41) is 3.43. The molecule has 1 aromatic rings. The van der Waals surface area contributed by atoms with E-state index in [0.717, 1.165) is 11.7 Å². The van der Waals surface area contributed by atoms with Crippen molar-refractivity contribution in [3.63, 3.8) is 0 Å². The molecule has 1 fully saturated rings. The predicted octanol–water partition coefficient (Wildman–Crippen LogP) is 3.93. The molecule has 2 nitrogen and oxygen atoms in total. The van der Waals surface area contributed by atoms with E-state index >= 15 is 0 Å². The SMILES string of the molecule is CCCC1CCC(NC)C(Oc2cccc(C)c2)C1. The summed E-state index contributed by atoms with van der Waals surface area (Å²) in [4.78, 5) is 0. The van der Waals surface area contributed by atoms with E-state index in [-0.39, 0.29) is 0 Å². The number of hydrogen-bond acceptors (Lipinski definition) is 2. The predicted molar refractivity (Wildman–Crippen MR) is 80.7 cm³/mol. The average Bonchev–Trinajstić information content (AvgIpc) is 2.39. The minimum Gasteiger partial charge on any atom is -0.489 e. The average molecular weight is 261 g/mol. The van der Waals surface area contributed by atoms with E-state index in [1.54, 1.807) is 0 Å². The van der Waals surface area contributed by atoms with Crippen molar-refractivity contribution in [1.82, 2.24) is 5.32 Å². The summed E-state index contributed by atoms with van der Waals surface area (Å²) >= 11 is 0. The van der Waals surface area contributed by atoms with E-state index in [1.807, 2.05) is 0 Å². The van der Waals surface area contributed by atoms with Crippen LogP contribution < -0.4 is 10.1 Å². The van der Waals surface area contributed by atoms with Crippen LogP contribution in [0.1, 0.15) is 44.6 Å². The molecule has 2 rings (SSSR count). The number of rotatable bonds is 5. The van der Waals surface area contributed by atoms with Crippen molar-refractivity contribution >= 4 is 0 Å². The van der Waals surface area contributed by atoms with Gasteiger partial charge in [0, 0.05) is 6.04 Å². The molecule has 1 aliphatic carbocycles. The molecular weight excluding hydrogens is 234 g/mol. The van der Waals surface area contributed by atoms with E-state index in [2.05, 4.69) is 50.5 Å². The van der Waals surface area contributed by atoms with Crippen LogP contribution in [0.15, 0.2) is 24.3 Å². The molecule has 0 aromatic heterocycles. The molecule has 3 atom stereocenters. The molecule has 19 heavy (non-hydrogen) atoms. The highest BCUT2D eigenvalue weighted by molar-refractivity contribution is 5.27. The Morgan fingerprint density at radius 2 is 2.16 bits per heavy atom. The van der Waals surface area contributed by atoms with Crippen LogP contribution in [0.3, 0.4) is 0 Å². The van der Waals surface area contributed by atoms with Gasteiger partial charge in [0.2, 0.25) is 0 Å². The quantitative estimate of drug-likeness (QED) is 0.867. The van der Waals surface area contributed by atoms with Crippen LogP contribution in [0.25, 0.3) is 0 Å². The Morgan fingerprint density at radius 3 is 2.84 bits per heavy atom. The zero-order chi connectivity index (χ0) is 13.7. The standard InChI is InChI=1S/C17H27NO/c1-4-6-14-9-10-16(18-3)17(12-14)19-15-8-5-7-13(2)11-15/h5,7-8,11,14,16-18H,4,6,9-10,12H2,1-3H3. The van der Waals surface area contributed by atoms with Crippen LogP contribution in [0, 0.1) is 12.8 Å². The maximum atomic E-state index is 6.25. The van der Waals surface area contributed by atoms with Gasteiger partial charge in [0.05, 0.1) is 0 Å². The molecule has 3 unspecified atom stereocenters. The van der Waals surface area contributed by atoms with Gasteiger partial charge in [0.15, 0.2) is 0 Å². The molecule has 0 saturated heterocycles. The van der Waals surface area contributed by atoms with Gasteiger partial charge in [-0.15, -0.1) is 0 Å². The van der Waals surface area contributed by atoms with Crippen LogP contribution in [0.5, 0.6) is 5.75 Å². The molecule has 0 amide bonds. The molecule has 2 heteroatoms. The van der Waals surface area contributed by atoms with Crippen LogP contribution in [-0.2, 0) is 0 Å². The van der Waals surface area contributed by atoms with Gasteiger partial charge in [-0.2, -0.15) is 0 Å². The van der Waals surface area contributed by atoms with E-state index in [1.165, 1.54) is 37.7 Å². The molecule has 0 aliphatic heterocycles. The van der Waals surface area contributed by atoms with Crippen LogP contribution in [-0.4, -0.2) is 19.2 Å². The molecule has 0 spiro atoms. The molecular formula is C17H27NO. The number of aryl methyl sites for hydroxylation is 1. The summed E-state index contributed by atoms with van der Waals surface area (Å²) in [5.74, 6) is 1.85. The van der Waals surface area contributed by atoms with Crippen LogP contribution in [0.2, 0.25) is 0 Å². The summed E-state index contributed by atoms with van der Waals surface area (Å²) in [5.41, 5.74) is 1.26. The Labute approximate surface area is 117 Å². The lowest BCUT2D eigenvalue weighted by atomic mass is 9.81. The third-order valence-electron chi connectivity index (χ3n) is 4.25. The fourth-order valence-corrected chi connectivity index (χ4v) is 3.21. The number of hydrogen-bond donors (Lipinski definition) is 1. The van der Waals surface area contributed by atoms with Gasteiger partial charge in [-0.05, 0) is 56.8 Å². The first-order valence-electron chi connectivity index (χ1n) is 7.63. The highest BCUT2D eigenvalue weighted by Gasteiger charge is 2.30. The molecule has 0 heterocycles. The number of likely N-dealkylation sites (N-methyl/N-ethyl adjacent to an activating group) is 1. The molecule has 1 saturated carbocycles. The summed E-state index contributed by atoms with van der Waals surface area (Å²) in [6.45, 7) is 4.39. The fraction of sp³-hybridized carbons (Fsp3) is 0.647. The third-order valence-corrected chi connectivity index (χ3v) is 4.25. The maximum absolute atomic E-state index is 6.25. The van der Waals surface area contributed by atoms with Crippen molar-refractivity contribution < 1.29 is 4.74 Å². The first-order chi connectivity index (χ1) is 9.22. The molecule has 106 valence electrons. The zero-order valence-electron chi connectivity index (χ0n) is 12.5. The lowest BCUT2D eigenvalue weighted by Crippen LogP contribution is -2.45. The maximum Gasteiger partial charge on any atom is 0.120 e. The Hall–Kier alpha value is -1.02. The second-order valence-electron chi connectivity index (χ2n) is 5.84. The molecule has 0 radical (unpaired) electrons. The van der Waals surface area contributed by atoms with Crippen LogP contribution >= 0.6 is 0 Å². The molecule has 1 N–H and O–H groups in total. The number of nitrogens with one attached hydrogen (secondary N) is 1. The number of ether oxygens (including phenoxy) is 1. The van der Waals surface area contributed by atoms with Crippen molar-refractivity contribution in [1.29, 1.82) is 0 Å². The molecule has 0 bridgehead atoms. The van der Waals surface area contributed by atoms with Crippen molar-refractivity contribution in [3.05, 3.63) is 29.8 Å². The van der Waals surface area contributed by atoms with Gasteiger partial charge in [-0.25, -0.2) is 0 Å². The normalized spacial score (nSPS) is 27.2. The smallest absolute Gasteiger partial charge is 0.120 e. The van der Waals surface area contributed by atoms with Gasteiger partial charge < -0.3 is 10.1 Å². The first-order valence-corrected chi connectivity index (χ1v) is 7.63. The van der Waals surface area contributed by atoms with Crippen molar-refractivity contribution in [2.24, 2.45) is 5.92 Å². The van der Waals surface area contributed by atoms with Crippen LogP contribution in [0.4, 0.5) is 0 Å². The first kappa shape index (κ1) is 14.4. The highest BCUT2D eigenvalue weighted by atomic mass is 16.5. The minimum absolute atomic E-state index is 0.317. The number of benzene rings is 1. The topological polar surface area (TPSA) is 21.3 Å². The van der Waals surface area contributed by atoms with Crippen molar-refractivity contribution in [2.45, 2.75) is 58.1 Å². The fourth-order valence-electron chi connectivity index (χ4n) is 3.21. The monoisotopic (exact) mass is 261 g/mol. The van der Waals surface area contributed by atoms with Gasteiger partial charge >= 0.3 is 0 Å². The molecule has 1 aliphatic rings. The van der Waals surface area contributed by atoms with E-state index in [4.69, 9.17) is 4.74 Å². The van der Waals surface area contributed by atoms with Gasteiger partial charge in [-0.3, -0.25) is 0 Å². The lowest BCUT2D eigenvalue weighted by Gasteiger charge is -2.36. The zero-order valence-corrected chi connectivity index (χ0v) is 12.5. The summed E-state index contributed by atoms with van der Waals surface area (Å²) in [6.07, 6.45) is 6.70. The summed E-state index contributed by atoms with van der Waals surface area (Å²) in [6, 6.07) is 8.89. The van der Waals surface area contributed by atoms with E-state index < -0.39 is 0 Å². The summed E-state index contributed by atoms with van der Waals surface area (Å²) < 4.78 is 6.25. The second kappa shape index (κ2) is 6.95. The third kappa shape index (κ3) is 3.97. The second-order valence-corrected chi connectivity index (χ2v) is 5.84. The Kier molecular flexibility index (Phi) is 5.26. The van der Waals surface area contributed by atoms with Gasteiger partial charge in [0.1, 0.15) is 11.9 Å². The van der Waals surface area contributed by atoms with Crippen molar-refractivity contribution in [2.75, 3.05) is 7.05 Å². The minimum atomic E-state index is 0.317. The highest BCUT2D eigenvalue weighted by Crippen LogP contribution is 2.31. The lowest BCUT2D eigenvalue weighted by molar-refractivity contribution is 0.0866. The van der Waals surface area contributed by atoms with E-state index in [0.29, 0.717) is 12.1 Å².